The zero-order valence-electron chi connectivity index (χ0n) is 18.1. The molecule has 7 nitrogen and oxygen atoms in total. The zero-order chi connectivity index (χ0) is 23.9. The van der Waals surface area contributed by atoms with Crippen molar-refractivity contribution in [3.05, 3.63) is 59.7 Å². The smallest absolute Gasteiger partial charge is 0.407 e. The summed E-state index contributed by atoms with van der Waals surface area (Å²) in [5, 5.41) is 11.3. The first-order valence-electron chi connectivity index (χ1n) is 10.6. The monoisotopic (exact) mass is 458 g/mol. The molecule has 33 heavy (non-hydrogen) atoms. The Morgan fingerprint density at radius 1 is 1.09 bits per heavy atom. The van der Waals surface area contributed by atoms with Gasteiger partial charge >= 0.3 is 12.1 Å². The molecule has 174 valence electrons. The zero-order valence-corrected chi connectivity index (χ0v) is 18.1. The van der Waals surface area contributed by atoms with Crippen LogP contribution in [-0.2, 0) is 14.3 Å². The molecule has 0 heterocycles. The number of carbonyl (C=O) groups excluding carboxylic acids is 2. The van der Waals surface area contributed by atoms with Crippen LogP contribution < -0.4 is 5.32 Å². The predicted molar refractivity (Wildman–Crippen MR) is 115 cm³/mol. The number of carbonyl (C=O) groups is 3. The van der Waals surface area contributed by atoms with E-state index in [9.17, 15) is 23.2 Å². The highest BCUT2D eigenvalue weighted by Gasteiger charge is 2.72. The standard InChI is InChI=1S/C24H24F2N2O5/c1-13(22(30)31)28(2)21(29)20-19(24(20,25)26)11-27-23(32)33-12-18-16-9-5-3-7-14(16)15-8-4-6-10-17(15)18/h3-10,13,18-20H,11-12H2,1-2H3,(H,27,32)(H,30,31). The fraction of sp³-hybridized carbons (Fsp3) is 0.375. The van der Waals surface area contributed by atoms with Gasteiger partial charge in [-0.3, -0.25) is 4.79 Å². The molecule has 2 aromatic carbocycles. The molecule has 0 saturated heterocycles. The second kappa shape index (κ2) is 8.46. The highest BCUT2D eigenvalue weighted by Crippen LogP contribution is 2.55. The summed E-state index contributed by atoms with van der Waals surface area (Å²) >= 11 is 0. The summed E-state index contributed by atoms with van der Waals surface area (Å²) in [5.74, 6) is -8.81. The van der Waals surface area contributed by atoms with Gasteiger partial charge in [-0.05, 0) is 29.2 Å². The van der Waals surface area contributed by atoms with Crippen molar-refractivity contribution in [2.45, 2.75) is 24.8 Å². The van der Waals surface area contributed by atoms with Crippen molar-refractivity contribution in [3.8, 4) is 11.1 Å². The average Bonchev–Trinajstić information content (AvgIpc) is 3.20. The third-order valence-corrected chi connectivity index (χ3v) is 6.56. The van der Waals surface area contributed by atoms with Crippen LogP contribution in [0, 0.1) is 11.8 Å². The van der Waals surface area contributed by atoms with Crippen LogP contribution in [0.4, 0.5) is 13.6 Å². The van der Waals surface area contributed by atoms with Gasteiger partial charge in [0.15, 0.2) is 0 Å². The highest BCUT2D eigenvalue weighted by atomic mass is 19.3. The maximum absolute atomic E-state index is 14.2. The number of likely N-dealkylation sites (N-methyl/N-ethyl adjacent to an activating group) is 1. The van der Waals surface area contributed by atoms with Gasteiger partial charge in [0.2, 0.25) is 5.91 Å². The van der Waals surface area contributed by atoms with Crippen molar-refractivity contribution in [1.29, 1.82) is 0 Å². The Hall–Kier alpha value is -3.49. The van der Waals surface area contributed by atoms with Crippen LogP contribution in [-0.4, -0.2) is 60.1 Å². The molecule has 0 radical (unpaired) electrons. The van der Waals surface area contributed by atoms with Crippen molar-refractivity contribution >= 4 is 18.0 Å². The van der Waals surface area contributed by atoms with Crippen molar-refractivity contribution in [2.24, 2.45) is 11.8 Å². The number of aliphatic carboxylic acids is 1. The van der Waals surface area contributed by atoms with Gasteiger partial charge in [0.1, 0.15) is 18.6 Å². The van der Waals surface area contributed by atoms with E-state index in [-0.39, 0.29) is 12.5 Å². The summed E-state index contributed by atoms with van der Waals surface area (Å²) < 4.78 is 33.7. The normalized spacial score (nSPS) is 20.8. The van der Waals surface area contributed by atoms with Crippen molar-refractivity contribution in [2.75, 3.05) is 20.2 Å². The topological polar surface area (TPSA) is 95.9 Å². The molecule has 9 heteroatoms. The lowest BCUT2D eigenvalue weighted by atomic mass is 9.98. The Bertz CT molecular complexity index is 1060. The number of ether oxygens (including phenoxy) is 1. The molecule has 2 amide bonds. The van der Waals surface area contributed by atoms with E-state index in [4.69, 9.17) is 9.84 Å². The number of nitrogens with one attached hydrogen (secondary N) is 1. The summed E-state index contributed by atoms with van der Waals surface area (Å²) in [7, 11) is 1.17. The molecule has 0 aliphatic heterocycles. The van der Waals surface area contributed by atoms with E-state index in [2.05, 4.69) is 5.32 Å². The number of halogens is 2. The van der Waals surface area contributed by atoms with Crippen LogP contribution in [0.5, 0.6) is 0 Å². The van der Waals surface area contributed by atoms with Gasteiger partial charge in [0, 0.05) is 19.5 Å². The van der Waals surface area contributed by atoms with E-state index in [1.54, 1.807) is 0 Å². The number of hydrogen-bond donors (Lipinski definition) is 2. The summed E-state index contributed by atoms with van der Waals surface area (Å²) in [5.41, 5.74) is 4.20. The van der Waals surface area contributed by atoms with Crippen LogP contribution in [0.1, 0.15) is 24.0 Å². The molecule has 2 aromatic rings. The van der Waals surface area contributed by atoms with Crippen LogP contribution in [0.25, 0.3) is 11.1 Å². The van der Waals surface area contributed by atoms with Crippen LogP contribution in [0.2, 0.25) is 0 Å². The molecule has 0 spiro atoms. The Morgan fingerprint density at radius 2 is 1.64 bits per heavy atom. The Balaban J connectivity index is 1.33. The molecule has 2 aliphatic rings. The summed E-state index contributed by atoms with van der Waals surface area (Å²) in [6.45, 7) is 0.836. The second-order valence-electron chi connectivity index (χ2n) is 8.43. The molecule has 0 aromatic heterocycles. The fourth-order valence-corrected chi connectivity index (χ4v) is 4.40. The lowest BCUT2D eigenvalue weighted by Gasteiger charge is -2.21. The summed E-state index contributed by atoms with van der Waals surface area (Å²) in [4.78, 5) is 36.3. The summed E-state index contributed by atoms with van der Waals surface area (Å²) in [6.07, 6.45) is -0.849. The van der Waals surface area contributed by atoms with Crippen molar-refractivity contribution < 1.29 is 33.0 Å². The largest absolute Gasteiger partial charge is 0.480 e. The number of rotatable bonds is 7. The molecule has 0 bridgehead atoms. The number of amides is 2. The molecule has 3 atom stereocenters. The van der Waals surface area contributed by atoms with E-state index in [1.807, 2.05) is 48.5 Å². The maximum atomic E-state index is 14.2. The molecule has 2 aliphatic carbocycles. The van der Waals surface area contributed by atoms with E-state index in [0.29, 0.717) is 0 Å². The van der Waals surface area contributed by atoms with Gasteiger partial charge in [0.25, 0.3) is 5.92 Å². The molecule has 4 rings (SSSR count). The predicted octanol–water partition coefficient (Wildman–Crippen LogP) is 3.34. The molecule has 1 saturated carbocycles. The van der Waals surface area contributed by atoms with Crippen LogP contribution >= 0.6 is 0 Å². The number of alkyl halides is 2. The van der Waals surface area contributed by atoms with E-state index in [1.165, 1.54) is 14.0 Å². The van der Waals surface area contributed by atoms with Crippen molar-refractivity contribution in [3.63, 3.8) is 0 Å². The van der Waals surface area contributed by atoms with Crippen LogP contribution in [0.3, 0.4) is 0 Å². The molecule has 2 N–H and O–H groups in total. The SMILES string of the molecule is CC(C(=O)O)N(C)C(=O)C1C(CNC(=O)OCC2c3ccccc3-c3ccccc32)C1(F)F. The maximum Gasteiger partial charge on any atom is 0.407 e. The van der Waals surface area contributed by atoms with Gasteiger partial charge in [-0.15, -0.1) is 0 Å². The Kier molecular flexibility index (Phi) is 5.82. The third kappa shape index (κ3) is 4.03. The number of benzene rings is 2. The first-order valence-corrected chi connectivity index (χ1v) is 10.6. The first kappa shape index (κ1) is 22.7. The minimum absolute atomic E-state index is 0.0438. The fourth-order valence-electron chi connectivity index (χ4n) is 4.40. The van der Waals surface area contributed by atoms with Gasteiger partial charge in [-0.2, -0.15) is 0 Å². The van der Waals surface area contributed by atoms with Gasteiger partial charge in [0.05, 0.1) is 5.92 Å². The Morgan fingerprint density at radius 3 is 2.18 bits per heavy atom. The number of hydrogen-bond acceptors (Lipinski definition) is 4. The highest BCUT2D eigenvalue weighted by molar-refractivity contribution is 5.88. The van der Waals surface area contributed by atoms with Gasteiger partial charge in [-0.25, -0.2) is 18.4 Å². The quantitative estimate of drug-likeness (QED) is 0.664. The van der Waals surface area contributed by atoms with E-state index < -0.39 is 48.3 Å². The number of nitrogens with zero attached hydrogens (tertiary/aromatic N) is 1. The second-order valence-corrected chi connectivity index (χ2v) is 8.43. The number of carboxylic acids is 1. The van der Waals surface area contributed by atoms with Crippen molar-refractivity contribution in [1.82, 2.24) is 10.2 Å². The minimum Gasteiger partial charge on any atom is -0.480 e. The Labute approximate surface area is 189 Å². The summed E-state index contributed by atoms with van der Waals surface area (Å²) in [6, 6.07) is 14.4. The number of fused-ring (bicyclic) bond motifs is 3. The molecule has 1 fully saturated rings. The third-order valence-electron chi connectivity index (χ3n) is 6.56. The number of alkyl carbamates (subject to hydrolysis) is 1. The lowest BCUT2D eigenvalue weighted by molar-refractivity contribution is -0.149. The average molecular weight is 458 g/mol. The van der Waals surface area contributed by atoms with Gasteiger partial charge < -0.3 is 20.1 Å². The molecular formula is C24H24F2N2O5. The van der Waals surface area contributed by atoms with E-state index >= 15 is 0 Å². The first-order chi connectivity index (χ1) is 15.6. The van der Waals surface area contributed by atoms with E-state index in [0.717, 1.165) is 27.2 Å². The molecular weight excluding hydrogens is 434 g/mol. The number of carboxylic acid groups (broad SMARTS) is 1. The molecule has 3 unspecified atom stereocenters. The van der Waals surface area contributed by atoms with Gasteiger partial charge in [-0.1, -0.05) is 48.5 Å². The lowest BCUT2D eigenvalue weighted by Crippen LogP contribution is -2.42. The van der Waals surface area contributed by atoms with Crippen LogP contribution in [0.15, 0.2) is 48.5 Å². The minimum atomic E-state index is -3.32.